The van der Waals surface area contributed by atoms with Crippen molar-refractivity contribution in [3.63, 3.8) is 0 Å². The number of benzene rings is 2. The molecule has 0 unspecified atom stereocenters. The van der Waals surface area contributed by atoms with Gasteiger partial charge in [-0.1, -0.05) is 0 Å². The highest BCUT2D eigenvalue weighted by atomic mass is 16.3. The third-order valence-electron chi connectivity index (χ3n) is 3.55. The number of hydrogen-bond acceptors (Lipinski definition) is 7. The molecule has 3 rings (SSSR count). The smallest absolute Gasteiger partial charge is 0.233 e. The van der Waals surface area contributed by atoms with Crippen molar-refractivity contribution in [1.29, 1.82) is 0 Å². The zero-order chi connectivity index (χ0) is 16.2. The molecule has 0 aliphatic heterocycles. The molecule has 0 amide bonds. The molecule has 0 atom stereocenters. The van der Waals surface area contributed by atoms with E-state index in [-0.39, 0.29) is 28.7 Å². The molecule has 1 aliphatic carbocycles. The minimum absolute atomic E-state index is 0.0584. The third-order valence-corrected chi connectivity index (χ3v) is 3.55. The van der Waals surface area contributed by atoms with Crippen molar-refractivity contribution in [2.45, 2.75) is 6.42 Å². The van der Waals surface area contributed by atoms with Gasteiger partial charge in [-0.25, -0.2) is 0 Å². The molecule has 0 saturated carbocycles. The first kappa shape index (κ1) is 13.7. The molecule has 0 saturated heterocycles. The van der Waals surface area contributed by atoms with Crippen molar-refractivity contribution in [2.75, 3.05) is 0 Å². The topological polar surface area (TPSA) is 135 Å². The summed E-state index contributed by atoms with van der Waals surface area (Å²) in [5, 5.41) is 49.2. The summed E-state index contributed by atoms with van der Waals surface area (Å²) in [6.07, 6.45) is -0.374. The van der Waals surface area contributed by atoms with E-state index in [9.17, 15) is 35.1 Å². The molecular weight excluding hydrogens is 292 g/mol. The molecule has 0 bridgehead atoms. The van der Waals surface area contributed by atoms with Gasteiger partial charge in [0.1, 0.15) is 28.7 Å². The second-order valence-electron chi connectivity index (χ2n) is 4.93. The SMILES string of the molecule is O=C1Cc2c(O)c(-c3c(O)cc(O)cc3O)cc(O)c2C1=O. The van der Waals surface area contributed by atoms with Crippen LogP contribution in [0.4, 0.5) is 0 Å². The minimum atomic E-state index is -0.895. The van der Waals surface area contributed by atoms with Crippen molar-refractivity contribution in [1.82, 2.24) is 0 Å². The van der Waals surface area contributed by atoms with Crippen LogP contribution >= 0.6 is 0 Å². The lowest BCUT2D eigenvalue weighted by Gasteiger charge is -2.13. The summed E-state index contributed by atoms with van der Waals surface area (Å²) < 4.78 is 0. The average molecular weight is 302 g/mol. The molecule has 0 aromatic heterocycles. The first-order chi connectivity index (χ1) is 10.3. The molecule has 0 fully saturated rings. The molecule has 0 spiro atoms. The number of fused-ring (bicyclic) bond motifs is 1. The lowest BCUT2D eigenvalue weighted by molar-refractivity contribution is -0.114. The molecule has 2 aromatic rings. The zero-order valence-corrected chi connectivity index (χ0v) is 11.0. The summed E-state index contributed by atoms with van der Waals surface area (Å²) in [5.74, 6) is -4.17. The van der Waals surface area contributed by atoms with Crippen LogP contribution in [-0.2, 0) is 11.2 Å². The van der Waals surface area contributed by atoms with E-state index in [2.05, 4.69) is 0 Å². The van der Waals surface area contributed by atoms with E-state index in [1.807, 2.05) is 0 Å². The van der Waals surface area contributed by atoms with E-state index in [0.717, 1.165) is 18.2 Å². The highest BCUT2D eigenvalue weighted by Crippen LogP contribution is 2.48. The fourth-order valence-corrected chi connectivity index (χ4v) is 2.58. The molecule has 5 N–H and O–H groups in total. The summed E-state index contributed by atoms with van der Waals surface area (Å²) >= 11 is 0. The van der Waals surface area contributed by atoms with Gasteiger partial charge in [-0.15, -0.1) is 0 Å². The first-order valence-electron chi connectivity index (χ1n) is 6.22. The number of carbonyl (C=O) groups excluding carboxylic acids is 2. The number of rotatable bonds is 1. The van der Waals surface area contributed by atoms with Gasteiger partial charge in [-0.05, 0) is 6.07 Å². The van der Waals surface area contributed by atoms with Crippen molar-refractivity contribution >= 4 is 11.6 Å². The quantitative estimate of drug-likeness (QED) is 0.394. The van der Waals surface area contributed by atoms with Gasteiger partial charge >= 0.3 is 0 Å². The number of aromatic hydroxyl groups is 5. The van der Waals surface area contributed by atoms with E-state index >= 15 is 0 Å². The second-order valence-corrected chi connectivity index (χ2v) is 4.93. The van der Waals surface area contributed by atoms with Gasteiger partial charge in [0.2, 0.25) is 11.6 Å². The molecule has 2 aromatic carbocycles. The standard InChI is InChI=1S/C15H10O7/c16-5-1-8(17)12(9(18)2-5)6-3-10(19)13-7(14(6)21)4-11(20)15(13)22/h1-3,16-19,21H,4H2. The molecular formula is C15H10O7. The van der Waals surface area contributed by atoms with Gasteiger partial charge in [0.15, 0.2) is 0 Å². The van der Waals surface area contributed by atoms with Crippen molar-refractivity contribution in [2.24, 2.45) is 0 Å². The van der Waals surface area contributed by atoms with Crippen LogP contribution in [0, 0.1) is 0 Å². The maximum atomic E-state index is 11.6. The maximum Gasteiger partial charge on any atom is 0.233 e. The normalized spacial score (nSPS) is 13.5. The van der Waals surface area contributed by atoms with Crippen molar-refractivity contribution in [3.05, 3.63) is 29.3 Å². The van der Waals surface area contributed by atoms with Crippen LogP contribution in [0.2, 0.25) is 0 Å². The van der Waals surface area contributed by atoms with Crippen LogP contribution < -0.4 is 0 Å². The van der Waals surface area contributed by atoms with Crippen LogP contribution in [0.1, 0.15) is 15.9 Å². The summed E-state index contributed by atoms with van der Waals surface area (Å²) in [7, 11) is 0. The van der Waals surface area contributed by atoms with Gasteiger partial charge in [-0.3, -0.25) is 9.59 Å². The number of hydrogen-bond donors (Lipinski definition) is 5. The highest BCUT2D eigenvalue weighted by Gasteiger charge is 2.35. The van der Waals surface area contributed by atoms with Crippen LogP contribution in [-0.4, -0.2) is 37.1 Å². The average Bonchev–Trinajstić information content (AvgIpc) is 2.71. The predicted molar refractivity (Wildman–Crippen MR) is 73.2 cm³/mol. The fraction of sp³-hybridized carbons (Fsp3) is 0.0667. The van der Waals surface area contributed by atoms with E-state index in [0.29, 0.717) is 0 Å². The van der Waals surface area contributed by atoms with Crippen LogP contribution in [0.15, 0.2) is 18.2 Å². The predicted octanol–water partition coefficient (Wildman–Crippen LogP) is 1.19. The lowest BCUT2D eigenvalue weighted by atomic mass is 9.96. The van der Waals surface area contributed by atoms with Gasteiger partial charge in [0, 0.05) is 29.7 Å². The number of carbonyl (C=O) groups is 2. The number of phenols is 5. The Labute approximate surface area is 123 Å². The van der Waals surface area contributed by atoms with E-state index in [1.165, 1.54) is 0 Å². The van der Waals surface area contributed by atoms with Gasteiger partial charge in [0.05, 0.1) is 11.1 Å². The number of phenolic OH excluding ortho intramolecular Hbond substituents is 5. The maximum absolute atomic E-state index is 11.6. The second kappa shape index (κ2) is 4.39. The Morgan fingerprint density at radius 3 is 1.91 bits per heavy atom. The fourth-order valence-electron chi connectivity index (χ4n) is 2.58. The molecule has 1 aliphatic rings. The van der Waals surface area contributed by atoms with Gasteiger partial charge in [0.25, 0.3) is 0 Å². The third kappa shape index (κ3) is 1.76. The van der Waals surface area contributed by atoms with Gasteiger partial charge < -0.3 is 25.5 Å². The molecule has 22 heavy (non-hydrogen) atoms. The minimum Gasteiger partial charge on any atom is -0.508 e. The summed E-state index contributed by atoms with van der Waals surface area (Å²) in [4.78, 5) is 23.1. The largest absolute Gasteiger partial charge is 0.508 e. The number of ketones is 2. The van der Waals surface area contributed by atoms with Crippen LogP contribution in [0.25, 0.3) is 11.1 Å². The molecule has 0 heterocycles. The summed E-state index contributed by atoms with van der Waals surface area (Å²) in [5.41, 5.74) is -0.727. The van der Waals surface area contributed by atoms with E-state index < -0.39 is 40.3 Å². The van der Waals surface area contributed by atoms with E-state index in [4.69, 9.17) is 0 Å². The van der Waals surface area contributed by atoms with Gasteiger partial charge in [-0.2, -0.15) is 0 Å². The Morgan fingerprint density at radius 2 is 1.32 bits per heavy atom. The Balaban J connectivity index is 2.32. The number of Topliss-reactive ketones (excluding diaryl/α,β-unsaturated/α-hetero) is 2. The van der Waals surface area contributed by atoms with Crippen LogP contribution in [0.5, 0.6) is 28.7 Å². The van der Waals surface area contributed by atoms with E-state index in [1.54, 1.807) is 0 Å². The molecule has 0 radical (unpaired) electrons. The van der Waals surface area contributed by atoms with Crippen LogP contribution in [0.3, 0.4) is 0 Å². The molecule has 112 valence electrons. The Hall–Kier alpha value is -3.22. The Bertz CT molecular complexity index is 828. The lowest BCUT2D eigenvalue weighted by Crippen LogP contribution is -2.05. The first-order valence-corrected chi connectivity index (χ1v) is 6.22. The summed E-state index contributed by atoms with van der Waals surface area (Å²) in [6.45, 7) is 0. The zero-order valence-electron chi connectivity index (χ0n) is 11.0. The molecule has 7 nitrogen and oxygen atoms in total. The molecule has 7 heteroatoms. The summed E-state index contributed by atoms with van der Waals surface area (Å²) in [6, 6.07) is 2.85. The monoisotopic (exact) mass is 302 g/mol. The van der Waals surface area contributed by atoms with Crippen molar-refractivity contribution < 1.29 is 35.1 Å². The Morgan fingerprint density at radius 1 is 0.773 bits per heavy atom. The highest BCUT2D eigenvalue weighted by molar-refractivity contribution is 6.48. The Kier molecular flexibility index (Phi) is 2.74. The van der Waals surface area contributed by atoms with Crippen molar-refractivity contribution in [3.8, 4) is 39.9 Å².